The summed E-state index contributed by atoms with van der Waals surface area (Å²) in [6.45, 7) is 5.49. The minimum absolute atomic E-state index is 0.0145. The lowest BCUT2D eigenvalue weighted by Gasteiger charge is -2.29. The number of hydrogen-bond acceptors (Lipinski definition) is 6. The molecule has 0 aliphatic carbocycles. The van der Waals surface area contributed by atoms with E-state index in [2.05, 4.69) is 13.8 Å². The number of hydrogen-bond donors (Lipinski definition) is 0. The van der Waals surface area contributed by atoms with E-state index in [0.29, 0.717) is 6.61 Å². The first kappa shape index (κ1) is 17.4. The molecule has 1 saturated heterocycles. The summed E-state index contributed by atoms with van der Waals surface area (Å²) in [5, 5.41) is 1.48. The Balaban J connectivity index is 1.72. The first-order valence-electron chi connectivity index (χ1n) is 9.03. The standard InChI is InChI=1S/C20H20N2O3S2/c1-20(2)8-14-15(10-25-20)27-17-16(14)18(23)22(12-6-4-3-5-7-12)19(21-17)26-11-13-9-24-13/h3-7,13H,8-11H2,1-2H3. The second-order valence-electron chi connectivity index (χ2n) is 7.55. The number of benzene rings is 1. The Morgan fingerprint density at radius 3 is 2.85 bits per heavy atom. The van der Waals surface area contributed by atoms with Gasteiger partial charge in [-0.2, -0.15) is 0 Å². The summed E-state index contributed by atoms with van der Waals surface area (Å²) in [5.74, 6) is 0.812. The summed E-state index contributed by atoms with van der Waals surface area (Å²) in [5.41, 5.74) is 1.71. The fraction of sp³-hybridized carbons (Fsp3) is 0.400. The lowest BCUT2D eigenvalue weighted by atomic mass is 9.94. The summed E-state index contributed by atoms with van der Waals surface area (Å²) >= 11 is 3.18. The predicted octanol–water partition coefficient (Wildman–Crippen LogP) is 3.79. The van der Waals surface area contributed by atoms with Crippen LogP contribution in [0.15, 0.2) is 40.3 Å². The highest BCUT2D eigenvalue weighted by Gasteiger charge is 2.32. The molecule has 0 bridgehead atoms. The number of aromatic nitrogens is 2. The second kappa shape index (κ2) is 6.44. The van der Waals surface area contributed by atoms with E-state index in [0.717, 1.165) is 50.3 Å². The minimum atomic E-state index is -0.262. The van der Waals surface area contributed by atoms with E-state index in [9.17, 15) is 4.79 Å². The molecule has 5 nitrogen and oxygen atoms in total. The van der Waals surface area contributed by atoms with Crippen molar-refractivity contribution in [2.75, 3.05) is 12.4 Å². The van der Waals surface area contributed by atoms with E-state index >= 15 is 0 Å². The highest BCUT2D eigenvalue weighted by atomic mass is 32.2. The Hall–Kier alpha value is -1.67. The third-order valence-corrected chi connectivity index (χ3v) is 7.06. The Morgan fingerprint density at radius 2 is 2.11 bits per heavy atom. The van der Waals surface area contributed by atoms with Crippen molar-refractivity contribution >= 4 is 33.3 Å². The first-order valence-corrected chi connectivity index (χ1v) is 10.8. The van der Waals surface area contributed by atoms with Gasteiger partial charge in [0, 0.05) is 17.1 Å². The number of thioether (sulfide) groups is 1. The summed E-state index contributed by atoms with van der Waals surface area (Å²) in [6, 6.07) is 9.77. The van der Waals surface area contributed by atoms with Gasteiger partial charge in [-0.15, -0.1) is 11.3 Å². The molecule has 3 aromatic rings. The van der Waals surface area contributed by atoms with Gasteiger partial charge in [-0.25, -0.2) is 4.98 Å². The zero-order valence-electron chi connectivity index (χ0n) is 15.2. The molecule has 0 saturated carbocycles. The second-order valence-corrected chi connectivity index (χ2v) is 9.62. The smallest absolute Gasteiger partial charge is 0.267 e. The quantitative estimate of drug-likeness (QED) is 0.379. The Bertz CT molecular complexity index is 1070. The van der Waals surface area contributed by atoms with Crippen LogP contribution in [0.1, 0.15) is 24.3 Å². The normalized spacial score (nSPS) is 20.6. The molecule has 1 aromatic carbocycles. The molecule has 0 spiro atoms. The molecule has 27 heavy (non-hydrogen) atoms. The van der Waals surface area contributed by atoms with Gasteiger partial charge in [0.2, 0.25) is 0 Å². The van der Waals surface area contributed by atoms with Crippen molar-refractivity contribution in [3.8, 4) is 5.69 Å². The van der Waals surface area contributed by atoms with E-state index in [1.807, 2.05) is 30.3 Å². The van der Waals surface area contributed by atoms with E-state index in [1.165, 1.54) is 0 Å². The number of para-hydroxylation sites is 1. The van der Waals surface area contributed by atoms with Crippen LogP contribution in [0.2, 0.25) is 0 Å². The number of thiophene rings is 1. The van der Waals surface area contributed by atoms with Gasteiger partial charge >= 0.3 is 0 Å². The summed E-state index contributed by atoms with van der Waals surface area (Å²) in [6.07, 6.45) is 1.01. The Kier molecular flexibility index (Phi) is 4.16. The van der Waals surface area contributed by atoms with Crippen LogP contribution in [-0.4, -0.2) is 33.6 Å². The topological polar surface area (TPSA) is 56.7 Å². The third-order valence-electron chi connectivity index (χ3n) is 4.89. The molecule has 0 amide bonds. The fourth-order valence-electron chi connectivity index (χ4n) is 3.41. The van der Waals surface area contributed by atoms with Crippen LogP contribution in [0.5, 0.6) is 0 Å². The van der Waals surface area contributed by atoms with Crippen molar-refractivity contribution in [1.82, 2.24) is 9.55 Å². The average molecular weight is 401 g/mol. The molecule has 2 aromatic heterocycles. The molecule has 4 heterocycles. The number of ether oxygens (including phenoxy) is 2. The highest BCUT2D eigenvalue weighted by Crippen LogP contribution is 2.38. The summed E-state index contributed by atoms with van der Waals surface area (Å²) in [4.78, 5) is 20.4. The van der Waals surface area contributed by atoms with Crippen LogP contribution < -0.4 is 5.56 Å². The van der Waals surface area contributed by atoms with Gasteiger partial charge in [0.1, 0.15) is 4.83 Å². The highest BCUT2D eigenvalue weighted by molar-refractivity contribution is 7.99. The number of epoxide rings is 1. The molecule has 140 valence electrons. The molecule has 2 aliphatic rings. The van der Waals surface area contributed by atoms with Crippen molar-refractivity contribution in [1.29, 1.82) is 0 Å². The van der Waals surface area contributed by atoms with E-state index in [4.69, 9.17) is 14.5 Å². The molecule has 1 atom stereocenters. The van der Waals surface area contributed by atoms with Crippen molar-refractivity contribution in [2.24, 2.45) is 0 Å². The summed E-state index contributed by atoms with van der Waals surface area (Å²) < 4.78 is 13.0. The minimum Gasteiger partial charge on any atom is -0.372 e. The monoisotopic (exact) mass is 400 g/mol. The molecular weight excluding hydrogens is 380 g/mol. The Morgan fingerprint density at radius 1 is 1.33 bits per heavy atom. The summed E-state index contributed by atoms with van der Waals surface area (Å²) in [7, 11) is 0. The van der Waals surface area contributed by atoms with Gasteiger partial charge in [-0.05, 0) is 31.5 Å². The van der Waals surface area contributed by atoms with E-state index in [-0.39, 0.29) is 17.3 Å². The molecule has 0 radical (unpaired) electrons. The van der Waals surface area contributed by atoms with Crippen LogP contribution in [0, 0.1) is 0 Å². The Labute approximate surface area is 165 Å². The SMILES string of the molecule is CC1(C)Cc2c(sc3nc(SCC4CO4)n(-c4ccccc4)c(=O)c23)CO1. The molecule has 5 rings (SSSR count). The fourth-order valence-corrected chi connectivity index (χ4v) is 5.56. The van der Waals surface area contributed by atoms with Crippen LogP contribution >= 0.6 is 23.1 Å². The van der Waals surface area contributed by atoms with Gasteiger partial charge in [0.25, 0.3) is 5.56 Å². The zero-order valence-corrected chi connectivity index (χ0v) is 16.9. The predicted molar refractivity (Wildman–Crippen MR) is 108 cm³/mol. The van der Waals surface area contributed by atoms with Gasteiger partial charge in [-0.1, -0.05) is 30.0 Å². The molecule has 7 heteroatoms. The van der Waals surface area contributed by atoms with Crippen LogP contribution in [0.25, 0.3) is 15.9 Å². The molecule has 1 unspecified atom stereocenters. The molecular formula is C20H20N2O3S2. The first-order chi connectivity index (χ1) is 13.0. The number of rotatable bonds is 4. The van der Waals surface area contributed by atoms with Crippen LogP contribution in [-0.2, 0) is 22.5 Å². The largest absolute Gasteiger partial charge is 0.372 e. The maximum Gasteiger partial charge on any atom is 0.267 e. The lowest BCUT2D eigenvalue weighted by Crippen LogP contribution is -2.32. The van der Waals surface area contributed by atoms with Crippen molar-refractivity contribution in [2.45, 2.75) is 43.7 Å². The zero-order chi connectivity index (χ0) is 18.6. The maximum atomic E-state index is 13.6. The van der Waals surface area contributed by atoms with E-state index in [1.54, 1.807) is 27.7 Å². The lowest BCUT2D eigenvalue weighted by molar-refractivity contribution is -0.0379. The van der Waals surface area contributed by atoms with Crippen molar-refractivity contribution in [3.63, 3.8) is 0 Å². The molecule has 1 fully saturated rings. The maximum absolute atomic E-state index is 13.6. The van der Waals surface area contributed by atoms with Crippen molar-refractivity contribution in [3.05, 3.63) is 51.1 Å². The van der Waals surface area contributed by atoms with E-state index < -0.39 is 0 Å². The average Bonchev–Trinajstić information content (AvgIpc) is 3.40. The number of nitrogens with zero attached hydrogens (tertiary/aromatic N) is 2. The van der Waals surface area contributed by atoms with Crippen molar-refractivity contribution < 1.29 is 9.47 Å². The van der Waals surface area contributed by atoms with Gasteiger partial charge < -0.3 is 9.47 Å². The van der Waals surface area contributed by atoms with Crippen LogP contribution in [0.3, 0.4) is 0 Å². The van der Waals surface area contributed by atoms with Gasteiger partial charge in [-0.3, -0.25) is 9.36 Å². The van der Waals surface area contributed by atoms with Gasteiger partial charge in [0.15, 0.2) is 5.16 Å². The third kappa shape index (κ3) is 3.23. The van der Waals surface area contributed by atoms with Crippen LogP contribution in [0.4, 0.5) is 0 Å². The molecule has 2 aliphatic heterocycles. The molecule has 0 N–H and O–H groups in total. The van der Waals surface area contributed by atoms with Gasteiger partial charge in [0.05, 0.1) is 36.0 Å². The number of fused-ring (bicyclic) bond motifs is 3.